The molecule has 2 aromatic rings. The van der Waals surface area contributed by atoms with Gasteiger partial charge in [0.15, 0.2) is 0 Å². The van der Waals surface area contributed by atoms with E-state index in [2.05, 4.69) is 61.5 Å². The molecule has 2 atom stereocenters. The summed E-state index contributed by atoms with van der Waals surface area (Å²) in [5.41, 5.74) is 4.14. The largest absolute Gasteiger partial charge is 0.0622 e. The van der Waals surface area contributed by atoms with E-state index in [1.807, 2.05) is 0 Å². The van der Waals surface area contributed by atoms with Crippen LogP contribution in [0.25, 0.3) is 11.1 Å². The molecule has 0 N–H and O–H groups in total. The highest BCUT2D eigenvalue weighted by molar-refractivity contribution is 5.63. The number of rotatable bonds is 2. The van der Waals surface area contributed by atoms with Gasteiger partial charge in [-0.3, -0.25) is 0 Å². The van der Waals surface area contributed by atoms with Crippen LogP contribution in [0.5, 0.6) is 0 Å². The van der Waals surface area contributed by atoms with Gasteiger partial charge in [-0.2, -0.15) is 0 Å². The fourth-order valence-corrected chi connectivity index (χ4v) is 2.72. The summed E-state index contributed by atoms with van der Waals surface area (Å²) >= 11 is 0. The van der Waals surface area contributed by atoms with Crippen LogP contribution in [0, 0.1) is 5.92 Å². The maximum atomic E-state index is 2.36. The van der Waals surface area contributed by atoms with E-state index in [9.17, 15) is 0 Å². The highest BCUT2D eigenvalue weighted by Gasteiger charge is 2.27. The van der Waals surface area contributed by atoms with Gasteiger partial charge in [-0.25, -0.2) is 0 Å². The first-order valence-electron chi connectivity index (χ1n) is 6.50. The fraction of sp³-hybridized carbons (Fsp3) is 0.294. The van der Waals surface area contributed by atoms with E-state index >= 15 is 0 Å². The molecule has 1 saturated carbocycles. The molecule has 0 aromatic heterocycles. The van der Waals surface area contributed by atoms with Crippen molar-refractivity contribution in [2.45, 2.75) is 25.7 Å². The second-order valence-electron chi connectivity index (χ2n) is 5.15. The molecule has 1 aliphatic carbocycles. The normalized spacial score (nSPS) is 23.1. The number of benzene rings is 2. The quantitative estimate of drug-likeness (QED) is 0.680. The molecule has 0 bridgehead atoms. The van der Waals surface area contributed by atoms with Crippen LogP contribution in [-0.4, -0.2) is 0 Å². The van der Waals surface area contributed by atoms with Crippen LogP contribution in [0.2, 0.25) is 0 Å². The molecule has 2 aromatic carbocycles. The molecule has 0 unspecified atom stereocenters. The van der Waals surface area contributed by atoms with Crippen molar-refractivity contribution in [2.24, 2.45) is 5.92 Å². The molecule has 0 radical (unpaired) electrons. The van der Waals surface area contributed by atoms with Crippen molar-refractivity contribution in [3.63, 3.8) is 0 Å². The third-order valence-electron chi connectivity index (χ3n) is 4.07. The number of hydrogen-bond acceptors (Lipinski definition) is 0. The second-order valence-corrected chi connectivity index (χ2v) is 5.15. The first kappa shape index (κ1) is 10.6. The molecule has 0 nitrogen and oxygen atoms in total. The van der Waals surface area contributed by atoms with Crippen LogP contribution in [0.15, 0.2) is 54.6 Å². The van der Waals surface area contributed by atoms with Gasteiger partial charge in [-0.1, -0.05) is 61.5 Å². The van der Waals surface area contributed by atoms with Gasteiger partial charge < -0.3 is 0 Å². The third kappa shape index (κ3) is 2.00. The Morgan fingerprint density at radius 1 is 0.765 bits per heavy atom. The third-order valence-corrected chi connectivity index (χ3v) is 4.07. The summed E-state index contributed by atoms with van der Waals surface area (Å²) < 4.78 is 0. The highest BCUT2D eigenvalue weighted by Crippen LogP contribution is 2.42. The van der Waals surface area contributed by atoms with Crippen molar-refractivity contribution < 1.29 is 0 Å². The zero-order chi connectivity index (χ0) is 11.7. The van der Waals surface area contributed by atoms with E-state index in [1.54, 1.807) is 0 Å². The Bertz CT molecular complexity index is 481. The van der Waals surface area contributed by atoms with Crippen LogP contribution in [0.1, 0.15) is 31.2 Å². The first-order chi connectivity index (χ1) is 8.34. The second kappa shape index (κ2) is 4.37. The van der Waals surface area contributed by atoms with E-state index in [1.165, 1.54) is 29.5 Å². The fourth-order valence-electron chi connectivity index (χ4n) is 2.72. The molecule has 1 fully saturated rings. The van der Waals surface area contributed by atoms with Gasteiger partial charge >= 0.3 is 0 Å². The molecule has 86 valence electrons. The molecule has 0 amide bonds. The smallest absolute Gasteiger partial charge is 0.0136 e. The molecule has 0 heteroatoms. The topological polar surface area (TPSA) is 0 Å². The summed E-state index contributed by atoms with van der Waals surface area (Å²) in [6.07, 6.45) is 2.76. The molecule has 0 heterocycles. The summed E-state index contributed by atoms with van der Waals surface area (Å²) in [6, 6.07) is 19.7. The summed E-state index contributed by atoms with van der Waals surface area (Å²) in [5, 5.41) is 0. The van der Waals surface area contributed by atoms with Crippen molar-refractivity contribution in [2.75, 3.05) is 0 Å². The summed E-state index contributed by atoms with van der Waals surface area (Å²) in [5.74, 6) is 1.68. The standard InChI is InChI=1S/C17H18/c1-13-7-12-17(13)16-10-8-15(9-11-16)14-5-3-2-4-6-14/h2-6,8-11,13,17H,7,12H2,1H3/t13-,17+/m0/s1. The van der Waals surface area contributed by atoms with E-state index in [0.717, 1.165) is 11.8 Å². The molecular weight excluding hydrogens is 204 g/mol. The van der Waals surface area contributed by atoms with Crippen LogP contribution in [0.3, 0.4) is 0 Å². The molecule has 1 aliphatic rings. The number of hydrogen-bond donors (Lipinski definition) is 0. The average Bonchev–Trinajstić information content (AvgIpc) is 2.39. The lowest BCUT2D eigenvalue weighted by Crippen LogP contribution is -2.20. The molecule has 0 saturated heterocycles. The van der Waals surface area contributed by atoms with Crippen molar-refractivity contribution in [3.05, 3.63) is 60.2 Å². The maximum Gasteiger partial charge on any atom is -0.0136 e. The first-order valence-corrected chi connectivity index (χ1v) is 6.50. The lowest BCUT2D eigenvalue weighted by atomic mass is 9.71. The minimum atomic E-state index is 0.805. The summed E-state index contributed by atoms with van der Waals surface area (Å²) in [6.45, 7) is 2.36. The Morgan fingerprint density at radius 3 is 1.94 bits per heavy atom. The summed E-state index contributed by atoms with van der Waals surface area (Å²) in [4.78, 5) is 0. The average molecular weight is 222 g/mol. The SMILES string of the molecule is C[C@H]1CC[C@H]1c1ccc(-c2ccccc2)cc1. The Hall–Kier alpha value is -1.56. The molecule has 3 rings (SSSR count). The minimum absolute atomic E-state index is 0.805. The molecule has 17 heavy (non-hydrogen) atoms. The van der Waals surface area contributed by atoms with Gasteiger partial charge in [0.25, 0.3) is 0 Å². The molecule has 0 aliphatic heterocycles. The van der Waals surface area contributed by atoms with Gasteiger partial charge in [0.05, 0.1) is 0 Å². The lowest BCUT2D eigenvalue weighted by Gasteiger charge is -2.34. The summed E-state index contributed by atoms with van der Waals surface area (Å²) in [7, 11) is 0. The Kier molecular flexibility index (Phi) is 2.72. The highest BCUT2D eigenvalue weighted by atomic mass is 14.3. The monoisotopic (exact) mass is 222 g/mol. The Morgan fingerprint density at radius 2 is 1.41 bits per heavy atom. The van der Waals surface area contributed by atoms with Gasteiger partial charge in [0, 0.05) is 0 Å². The van der Waals surface area contributed by atoms with Crippen LogP contribution < -0.4 is 0 Å². The molecule has 0 spiro atoms. The van der Waals surface area contributed by atoms with Crippen molar-refractivity contribution >= 4 is 0 Å². The van der Waals surface area contributed by atoms with Crippen LogP contribution in [-0.2, 0) is 0 Å². The molecular formula is C17H18. The van der Waals surface area contributed by atoms with E-state index in [0.29, 0.717) is 0 Å². The van der Waals surface area contributed by atoms with Crippen molar-refractivity contribution in [3.8, 4) is 11.1 Å². The van der Waals surface area contributed by atoms with Crippen LogP contribution in [0.4, 0.5) is 0 Å². The van der Waals surface area contributed by atoms with Crippen molar-refractivity contribution in [1.29, 1.82) is 0 Å². The zero-order valence-corrected chi connectivity index (χ0v) is 10.3. The lowest BCUT2D eigenvalue weighted by molar-refractivity contribution is 0.280. The predicted octanol–water partition coefficient (Wildman–Crippen LogP) is 4.87. The Labute approximate surface area is 103 Å². The predicted molar refractivity (Wildman–Crippen MR) is 73.0 cm³/mol. The Balaban J connectivity index is 1.85. The zero-order valence-electron chi connectivity index (χ0n) is 10.3. The van der Waals surface area contributed by atoms with Crippen LogP contribution >= 0.6 is 0 Å². The van der Waals surface area contributed by atoms with E-state index in [-0.39, 0.29) is 0 Å². The van der Waals surface area contributed by atoms with Gasteiger partial charge in [0.1, 0.15) is 0 Å². The van der Waals surface area contributed by atoms with Gasteiger partial charge in [-0.05, 0) is 41.4 Å². The van der Waals surface area contributed by atoms with Gasteiger partial charge in [-0.15, -0.1) is 0 Å². The van der Waals surface area contributed by atoms with E-state index < -0.39 is 0 Å². The van der Waals surface area contributed by atoms with Gasteiger partial charge in [0.2, 0.25) is 0 Å². The van der Waals surface area contributed by atoms with E-state index in [4.69, 9.17) is 0 Å². The maximum absolute atomic E-state index is 2.36. The minimum Gasteiger partial charge on any atom is -0.0622 e. The van der Waals surface area contributed by atoms with Crippen molar-refractivity contribution in [1.82, 2.24) is 0 Å².